The summed E-state index contributed by atoms with van der Waals surface area (Å²) in [5, 5.41) is 14.6. The van der Waals surface area contributed by atoms with E-state index in [0.29, 0.717) is 12.2 Å². The molecule has 0 saturated heterocycles. The van der Waals surface area contributed by atoms with Crippen LogP contribution in [0.25, 0.3) is 0 Å². The number of thiazole rings is 1. The van der Waals surface area contributed by atoms with E-state index < -0.39 is 12.0 Å². The molecule has 0 fully saturated rings. The smallest absolute Gasteiger partial charge is 0.326 e. The number of hydrogen-bond acceptors (Lipinski definition) is 5. The molecular formula is C13H20N2O3S2. The van der Waals surface area contributed by atoms with E-state index in [0.717, 1.165) is 23.5 Å². The van der Waals surface area contributed by atoms with Gasteiger partial charge in [0, 0.05) is 11.1 Å². The Bertz CT molecular complexity index is 449. The number of nitrogens with one attached hydrogen (secondary N) is 1. The summed E-state index contributed by atoms with van der Waals surface area (Å²) in [7, 11) is 0. The van der Waals surface area contributed by atoms with Gasteiger partial charge in [0.1, 0.15) is 6.04 Å². The predicted molar refractivity (Wildman–Crippen MR) is 82.1 cm³/mol. The minimum Gasteiger partial charge on any atom is -0.480 e. The highest BCUT2D eigenvalue weighted by atomic mass is 32.2. The number of unbranched alkanes of at least 4 members (excludes halogenated alkanes) is 1. The van der Waals surface area contributed by atoms with Crippen LogP contribution in [-0.2, 0) is 15.3 Å². The fourth-order valence-electron chi connectivity index (χ4n) is 1.62. The van der Waals surface area contributed by atoms with Crippen LogP contribution in [0.1, 0.15) is 36.9 Å². The van der Waals surface area contributed by atoms with Crippen LogP contribution in [0.5, 0.6) is 0 Å². The highest BCUT2D eigenvalue weighted by Crippen LogP contribution is 2.15. The van der Waals surface area contributed by atoms with Crippen molar-refractivity contribution in [3.8, 4) is 0 Å². The Morgan fingerprint density at radius 1 is 1.55 bits per heavy atom. The number of carbonyl (C=O) groups excluding carboxylic acids is 1. The van der Waals surface area contributed by atoms with Gasteiger partial charge >= 0.3 is 5.97 Å². The van der Waals surface area contributed by atoms with Gasteiger partial charge in [-0.15, -0.1) is 23.1 Å². The number of carboxylic acid groups (broad SMARTS) is 1. The first-order chi connectivity index (χ1) is 9.52. The lowest BCUT2D eigenvalue weighted by molar-refractivity contribution is -0.141. The number of carboxylic acids is 1. The first kappa shape index (κ1) is 17.0. The van der Waals surface area contributed by atoms with E-state index >= 15 is 0 Å². The number of aromatic nitrogens is 1. The normalized spacial score (nSPS) is 12.1. The van der Waals surface area contributed by atoms with Crippen LogP contribution < -0.4 is 5.32 Å². The quantitative estimate of drug-likeness (QED) is 0.731. The van der Waals surface area contributed by atoms with E-state index in [4.69, 9.17) is 5.11 Å². The van der Waals surface area contributed by atoms with E-state index in [-0.39, 0.29) is 11.7 Å². The van der Waals surface area contributed by atoms with Crippen LogP contribution in [0, 0.1) is 6.92 Å². The molecule has 7 heteroatoms. The number of nitrogens with zero attached hydrogens (tertiary/aromatic N) is 1. The van der Waals surface area contributed by atoms with Crippen molar-refractivity contribution < 1.29 is 14.7 Å². The molecule has 0 bridgehead atoms. The maximum absolute atomic E-state index is 11.7. The Kier molecular flexibility index (Phi) is 7.61. The Labute approximate surface area is 127 Å². The van der Waals surface area contributed by atoms with Crippen molar-refractivity contribution in [2.24, 2.45) is 0 Å². The second-order valence-electron chi connectivity index (χ2n) is 4.45. The fourth-order valence-corrected chi connectivity index (χ4v) is 3.07. The van der Waals surface area contributed by atoms with Gasteiger partial charge in [-0.1, -0.05) is 19.8 Å². The molecule has 0 saturated carbocycles. The maximum atomic E-state index is 11.7. The van der Waals surface area contributed by atoms with Crippen LogP contribution in [0.2, 0.25) is 0 Å². The molecule has 0 aliphatic rings. The van der Waals surface area contributed by atoms with Gasteiger partial charge in [-0.2, -0.15) is 0 Å². The summed E-state index contributed by atoms with van der Waals surface area (Å²) in [6, 6.07) is -0.774. The van der Waals surface area contributed by atoms with Gasteiger partial charge in [0.15, 0.2) is 0 Å². The van der Waals surface area contributed by atoms with Crippen LogP contribution in [0.3, 0.4) is 0 Å². The molecule has 1 heterocycles. The summed E-state index contributed by atoms with van der Waals surface area (Å²) in [5.74, 6) is -0.269. The fraction of sp³-hybridized carbons (Fsp3) is 0.615. The monoisotopic (exact) mass is 316 g/mol. The molecule has 2 N–H and O–H groups in total. The third-order valence-corrected chi connectivity index (χ3v) is 4.42. The zero-order chi connectivity index (χ0) is 15.0. The molecule has 1 aromatic heterocycles. The number of aryl methyl sites for hydroxylation is 1. The topological polar surface area (TPSA) is 79.3 Å². The van der Waals surface area contributed by atoms with Gasteiger partial charge in [-0.25, -0.2) is 9.78 Å². The molecule has 1 amide bonds. The number of hydrogen-bond donors (Lipinski definition) is 2. The molecule has 0 unspecified atom stereocenters. The summed E-state index contributed by atoms with van der Waals surface area (Å²) in [6.45, 7) is 3.93. The Morgan fingerprint density at radius 3 is 2.85 bits per heavy atom. The zero-order valence-electron chi connectivity index (χ0n) is 11.7. The molecule has 1 rings (SSSR count). The van der Waals surface area contributed by atoms with Gasteiger partial charge < -0.3 is 10.4 Å². The number of thioether (sulfide) groups is 1. The van der Waals surface area contributed by atoms with E-state index in [9.17, 15) is 9.59 Å². The molecular weight excluding hydrogens is 296 g/mol. The lowest BCUT2D eigenvalue weighted by atomic mass is 10.1. The molecule has 5 nitrogen and oxygen atoms in total. The highest BCUT2D eigenvalue weighted by molar-refractivity contribution is 7.99. The summed E-state index contributed by atoms with van der Waals surface area (Å²) in [6.07, 6.45) is 2.19. The van der Waals surface area contributed by atoms with Crippen LogP contribution >= 0.6 is 23.1 Å². The largest absolute Gasteiger partial charge is 0.480 e. The van der Waals surface area contributed by atoms with Crippen LogP contribution in [0.15, 0.2) is 5.38 Å². The molecule has 0 spiro atoms. The van der Waals surface area contributed by atoms with Gasteiger partial charge in [0.05, 0.1) is 16.5 Å². The van der Waals surface area contributed by atoms with Crippen LogP contribution in [0.4, 0.5) is 0 Å². The highest BCUT2D eigenvalue weighted by Gasteiger charge is 2.18. The van der Waals surface area contributed by atoms with Crippen molar-refractivity contribution in [3.63, 3.8) is 0 Å². The molecule has 0 radical (unpaired) electrons. The molecule has 112 valence electrons. The molecule has 1 atom stereocenters. The zero-order valence-corrected chi connectivity index (χ0v) is 13.4. The number of aliphatic carboxylic acids is 1. The molecule has 0 aliphatic carbocycles. The average molecular weight is 316 g/mol. The van der Waals surface area contributed by atoms with E-state index in [1.807, 2.05) is 19.2 Å². The van der Waals surface area contributed by atoms with E-state index in [1.54, 1.807) is 11.3 Å². The maximum Gasteiger partial charge on any atom is 0.326 e. The van der Waals surface area contributed by atoms with Gasteiger partial charge in [-0.3, -0.25) is 4.79 Å². The van der Waals surface area contributed by atoms with Gasteiger partial charge in [-0.05, 0) is 13.3 Å². The van der Waals surface area contributed by atoms with Crippen LogP contribution in [-0.4, -0.2) is 33.8 Å². The summed E-state index contributed by atoms with van der Waals surface area (Å²) in [4.78, 5) is 27.0. The van der Waals surface area contributed by atoms with Gasteiger partial charge in [0.25, 0.3) is 0 Å². The Hall–Kier alpha value is -1.08. The molecule has 1 aromatic rings. The number of amides is 1. The van der Waals surface area contributed by atoms with Crippen molar-refractivity contribution in [3.05, 3.63) is 16.1 Å². The second-order valence-corrected chi connectivity index (χ2v) is 6.50. The van der Waals surface area contributed by atoms with Crippen molar-refractivity contribution in [2.75, 3.05) is 5.75 Å². The van der Waals surface area contributed by atoms with Crippen molar-refractivity contribution in [1.82, 2.24) is 10.3 Å². The Morgan fingerprint density at radius 2 is 2.30 bits per heavy atom. The predicted octanol–water partition coefficient (Wildman–Crippen LogP) is 2.44. The molecule has 0 aromatic carbocycles. The minimum atomic E-state index is -0.966. The summed E-state index contributed by atoms with van der Waals surface area (Å²) in [5.41, 5.74) is 0.964. The third-order valence-electron chi connectivity index (χ3n) is 2.63. The van der Waals surface area contributed by atoms with E-state index in [1.165, 1.54) is 11.8 Å². The lowest BCUT2D eigenvalue weighted by Gasteiger charge is -2.13. The van der Waals surface area contributed by atoms with Crippen molar-refractivity contribution in [2.45, 2.75) is 44.9 Å². The SMILES string of the molecule is CCCC[C@H](NC(=O)CSCc1csc(C)n1)C(=O)O. The molecule has 20 heavy (non-hydrogen) atoms. The summed E-state index contributed by atoms with van der Waals surface area (Å²) >= 11 is 3.03. The first-order valence-corrected chi connectivity index (χ1v) is 8.57. The van der Waals surface area contributed by atoms with Crippen molar-refractivity contribution >= 4 is 35.0 Å². The Balaban J connectivity index is 2.28. The number of rotatable bonds is 9. The average Bonchev–Trinajstić information content (AvgIpc) is 2.80. The lowest BCUT2D eigenvalue weighted by Crippen LogP contribution is -2.41. The summed E-state index contributed by atoms with van der Waals surface area (Å²) < 4.78 is 0. The second kappa shape index (κ2) is 8.97. The molecule has 0 aliphatic heterocycles. The van der Waals surface area contributed by atoms with Gasteiger partial charge in [0.2, 0.25) is 5.91 Å². The number of carbonyl (C=O) groups is 2. The third kappa shape index (κ3) is 6.38. The standard InChI is InChI=1S/C13H20N2O3S2/c1-3-4-5-11(13(17)18)15-12(16)8-19-6-10-7-20-9(2)14-10/h7,11H,3-6,8H2,1-2H3,(H,15,16)(H,17,18)/t11-/m0/s1. The van der Waals surface area contributed by atoms with E-state index in [2.05, 4.69) is 10.3 Å². The first-order valence-electron chi connectivity index (χ1n) is 6.53. The minimum absolute atomic E-state index is 0.231. The van der Waals surface area contributed by atoms with Crippen molar-refractivity contribution in [1.29, 1.82) is 0 Å².